The van der Waals surface area contributed by atoms with Gasteiger partial charge in [0, 0.05) is 11.1 Å². The Kier molecular flexibility index (Phi) is 4.24. The minimum Gasteiger partial charge on any atom is -0.489 e. The molecule has 2 aromatic carbocycles. The summed E-state index contributed by atoms with van der Waals surface area (Å²) in [6.07, 6.45) is 0. The van der Waals surface area contributed by atoms with Gasteiger partial charge in [0.25, 0.3) is 0 Å². The summed E-state index contributed by atoms with van der Waals surface area (Å²) in [7, 11) is 0. The third-order valence-corrected chi connectivity index (χ3v) is 3.68. The van der Waals surface area contributed by atoms with Crippen LogP contribution in [-0.2, 0) is 6.61 Å². The number of carbonyl (C=O) groups excluding carboxylic acids is 1. The number of aryl methyl sites for hydroxylation is 1. The smallest absolute Gasteiger partial charge is 0.159 e. The lowest BCUT2D eigenvalue weighted by molar-refractivity contribution is 0.101. The Balaban J connectivity index is 1.78. The van der Waals surface area contributed by atoms with Crippen molar-refractivity contribution in [2.75, 3.05) is 0 Å². The molecule has 0 radical (unpaired) electrons. The van der Waals surface area contributed by atoms with Gasteiger partial charge in [0.05, 0.1) is 5.56 Å². The number of aromatic nitrogens is 1. The first kappa shape index (κ1) is 15.0. The van der Waals surface area contributed by atoms with Crippen LogP contribution in [-0.4, -0.2) is 10.9 Å². The molecular weight excluding hydrogens is 290 g/mol. The third kappa shape index (κ3) is 3.31. The van der Waals surface area contributed by atoms with E-state index in [1.807, 2.05) is 37.3 Å². The molecule has 4 nitrogen and oxygen atoms in total. The fraction of sp³-hybridized carbons (Fsp3) is 0.158. The van der Waals surface area contributed by atoms with Crippen LogP contribution in [0.3, 0.4) is 0 Å². The summed E-state index contributed by atoms with van der Waals surface area (Å²) in [6, 6.07) is 17.0. The predicted molar refractivity (Wildman–Crippen MR) is 87.5 cm³/mol. The number of carbonyl (C=O) groups is 1. The molecule has 0 aliphatic heterocycles. The number of benzene rings is 2. The molecule has 0 saturated heterocycles. The maximum Gasteiger partial charge on any atom is 0.159 e. The highest BCUT2D eigenvalue weighted by Crippen LogP contribution is 2.26. The fourth-order valence-electron chi connectivity index (χ4n) is 2.33. The normalized spacial score (nSPS) is 10.5. The molecule has 0 amide bonds. The van der Waals surface area contributed by atoms with E-state index in [1.54, 1.807) is 31.2 Å². The quantitative estimate of drug-likeness (QED) is 0.654. The van der Waals surface area contributed by atoms with Crippen molar-refractivity contribution in [2.45, 2.75) is 20.5 Å². The van der Waals surface area contributed by atoms with Gasteiger partial charge in [-0.3, -0.25) is 4.79 Å². The summed E-state index contributed by atoms with van der Waals surface area (Å²) >= 11 is 0. The van der Waals surface area contributed by atoms with E-state index in [9.17, 15) is 4.79 Å². The van der Waals surface area contributed by atoms with Crippen molar-refractivity contribution in [1.29, 1.82) is 0 Å². The van der Waals surface area contributed by atoms with Gasteiger partial charge in [-0.1, -0.05) is 35.5 Å². The fourth-order valence-corrected chi connectivity index (χ4v) is 2.33. The van der Waals surface area contributed by atoms with Crippen LogP contribution in [0.4, 0.5) is 0 Å². The first-order chi connectivity index (χ1) is 11.1. The molecular formula is C19H17NO3. The molecule has 0 unspecified atom stereocenters. The number of ether oxygens (including phenoxy) is 1. The van der Waals surface area contributed by atoms with Gasteiger partial charge in [-0.05, 0) is 38.1 Å². The highest BCUT2D eigenvalue weighted by atomic mass is 16.5. The van der Waals surface area contributed by atoms with E-state index in [4.69, 9.17) is 9.26 Å². The monoisotopic (exact) mass is 307 g/mol. The average Bonchev–Trinajstić information content (AvgIpc) is 2.95. The molecule has 4 heteroatoms. The molecule has 0 aliphatic rings. The largest absolute Gasteiger partial charge is 0.489 e. The molecule has 3 aromatic rings. The average molecular weight is 307 g/mol. The van der Waals surface area contributed by atoms with Crippen LogP contribution < -0.4 is 4.74 Å². The first-order valence-corrected chi connectivity index (χ1v) is 7.39. The number of Topliss-reactive ketones (excluding diaryl/α,β-unsaturated/α-hetero) is 1. The van der Waals surface area contributed by atoms with Gasteiger partial charge in [-0.2, -0.15) is 0 Å². The van der Waals surface area contributed by atoms with E-state index in [2.05, 4.69) is 5.16 Å². The lowest BCUT2D eigenvalue weighted by Gasteiger charge is -2.07. The summed E-state index contributed by atoms with van der Waals surface area (Å²) in [5.74, 6) is 1.48. The van der Waals surface area contributed by atoms with E-state index in [0.29, 0.717) is 17.9 Å². The number of rotatable bonds is 5. The minimum absolute atomic E-state index is 0.0396. The van der Waals surface area contributed by atoms with Gasteiger partial charge in [-0.15, -0.1) is 0 Å². The predicted octanol–water partition coefficient (Wildman–Crippen LogP) is 4.43. The first-order valence-electron chi connectivity index (χ1n) is 7.39. The summed E-state index contributed by atoms with van der Waals surface area (Å²) in [4.78, 5) is 11.3. The molecule has 0 bridgehead atoms. The van der Waals surface area contributed by atoms with Crippen molar-refractivity contribution in [3.63, 3.8) is 0 Å². The highest BCUT2D eigenvalue weighted by Gasteiger charge is 2.15. The topological polar surface area (TPSA) is 52.3 Å². The van der Waals surface area contributed by atoms with E-state index >= 15 is 0 Å². The van der Waals surface area contributed by atoms with E-state index in [1.165, 1.54) is 0 Å². The maximum absolute atomic E-state index is 11.3. The van der Waals surface area contributed by atoms with Gasteiger partial charge in [-0.25, -0.2) is 0 Å². The van der Waals surface area contributed by atoms with Crippen LogP contribution in [0.5, 0.6) is 5.75 Å². The minimum atomic E-state index is 0.0396. The van der Waals surface area contributed by atoms with Crippen LogP contribution in [0.2, 0.25) is 0 Å². The van der Waals surface area contributed by atoms with Gasteiger partial charge < -0.3 is 9.26 Å². The van der Waals surface area contributed by atoms with Crippen molar-refractivity contribution < 1.29 is 14.1 Å². The molecule has 0 aliphatic carbocycles. The second-order valence-electron chi connectivity index (χ2n) is 5.30. The Bertz CT molecular complexity index is 804. The zero-order valence-corrected chi connectivity index (χ0v) is 13.1. The zero-order chi connectivity index (χ0) is 16.2. The molecule has 0 spiro atoms. The second kappa shape index (κ2) is 6.48. The second-order valence-corrected chi connectivity index (χ2v) is 5.30. The molecule has 0 fully saturated rings. The third-order valence-electron chi connectivity index (χ3n) is 3.68. The number of hydrogen-bond acceptors (Lipinski definition) is 4. The Morgan fingerprint density at radius 1 is 1.09 bits per heavy atom. The van der Waals surface area contributed by atoms with Gasteiger partial charge in [0.1, 0.15) is 23.8 Å². The molecule has 1 heterocycles. The summed E-state index contributed by atoms with van der Waals surface area (Å²) in [5, 5.41) is 4.14. The molecule has 0 N–H and O–H groups in total. The maximum atomic E-state index is 11.3. The lowest BCUT2D eigenvalue weighted by Crippen LogP contribution is -1.99. The molecule has 23 heavy (non-hydrogen) atoms. The van der Waals surface area contributed by atoms with Crippen molar-refractivity contribution in [3.05, 3.63) is 71.5 Å². The SMILES string of the molecule is CC(=O)c1ccc(OCc2c(-c3ccccc3)noc2C)cc1. The molecule has 0 saturated carbocycles. The molecule has 0 atom stereocenters. The van der Waals surface area contributed by atoms with Crippen molar-refractivity contribution in [1.82, 2.24) is 5.16 Å². The summed E-state index contributed by atoms with van der Waals surface area (Å²) < 4.78 is 11.1. The van der Waals surface area contributed by atoms with E-state index in [-0.39, 0.29) is 5.78 Å². The Hall–Kier alpha value is -2.88. The van der Waals surface area contributed by atoms with Crippen molar-refractivity contribution in [3.8, 4) is 17.0 Å². The van der Waals surface area contributed by atoms with Crippen molar-refractivity contribution in [2.24, 2.45) is 0 Å². The number of hydrogen-bond donors (Lipinski definition) is 0. The van der Waals surface area contributed by atoms with E-state index < -0.39 is 0 Å². The Morgan fingerprint density at radius 2 is 1.78 bits per heavy atom. The van der Waals surface area contributed by atoms with Gasteiger partial charge in [0.15, 0.2) is 5.78 Å². The van der Waals surface area contributed by atoms with Gasteiger partial charge >= 0.3 is 0 Å². The molecule has 1 aromatic heterocycles. The summed E-state index contributed by atoms with van der Waals surface area (Å²) in [6.45, 7) is 3.78. The van der Waals surface area contributed by atoms with Crippen LogP contribution in [0.1, 0.15) is 28.6 Å². The van der Waals surface area contributed by atoms with E-state index in [0.717, 1.165) is 22.6 Å². The highest BCUT2D eigenvalue weighted by molar-refractivity contribution is 5.94. The molecule has 116 valence electrons. The number of nitrogens with zero attached hydrogens (tertiary/aromatic N) is 1. The van der Waals surface area contributed by atoms with Gasteiger partial charge in [0.2, 0.25) is 0 Å². The van der Waals surface area contributed by atoms with Crippen LogP contribution in [0, 0.1) is 6.92 Å². The zero-order valence-electron chi connectivity index (χ0n) is 13.1. The Morgan fingerprint density at radius 3 is 2.43 bits per heavy atom. The van der Waals surface area contributed by atoms with Crippen LogP contribution >= 0.6 is 0 Å². The lowest BCUT2D eigenvalue weighted by atomic mass is 10.1. The Labute approximate surface area is 134 Å². The van der Waals surface area contributed by atoms with Crippen molar-refractivity contribution >= 4 is 5.78 Å². The molecule has 3 rings (SSSR count). The van der Waals surface area contributed by atoms with Crippen LogP contribution in [0.25, 0.3) is 11.3 Å². The summed E-state index contributed by atoms with van der Waals surface area (Å²) in [5.41, 5.74) is 3.38. The standard InChI is InChI=1S/C19H17NO3/c1-13(21)15-8-10-17(11-9-15)22-12-18-14(2)23-20-19(18)16-6-4-3-5-7-16/h3-11H,12H2,1-2H3. The number of ketones is 1. The van der Waals surface area contributed by atoms with Crippen LogP contribution in [0.15, 0.2) is 59.1 Å².